The van der Waals surface area contributed by atoms with Gasteiger partial charge in [-0.2, -0.15) is 0 Å². The highest BCUT2D eigenvalue weighted by molar-refractivity contribution is 6.29. The minimum absolute atomic E-state index is 0.994. The van der Waals surface area contributed by atoms with Crippen LogP contribution < -0.4 is 9.80 Å². The van der Waals surface area contributed by atoms with Crippen LogP contribution in [0.25, 0.3) is 54.6 Å². The molecule has 2 nitrogen and oxygen atoms in total. The Balaban J connectivity index is 1.41. The maximum atomic E-state index is 2.60. The van der Waals surface area contributed by atoms with Gasteiger partial charge >= 0.3 is 0 Å². The van der Waals surface area contributed by atoms with Gasteiger partial charge in [0.05, 0.1) is 0 Å². The van der Waals surface area contributed by atoms with Gasteiger partial charge in [0.1, 0.15) is 0 Å². The Hall–Kier alpha value is -5.86. The highest BCUT2D eigenvalue weighted by Crippen LogP contribution is 2.52. The summed E-state index contributed by atoms with van der Waals surface area (Å²) in [5.74, 6) is 0. The van der Waals surface area contributed by atoms with Gasteiger partial charge in [0.25, 0.3) is 0 Å². The molecule has 0 saturated heterocycles. The molecule has 50 heavy (non-hydrogen) atoms. The van der Waals surface area contributed by atoms with Crippen molar-refractivity contribution in [2.24, 2.45) is 0 Å². The van der Waals surface area contributed by atoms with Crippen LogP contribution in [0.1, 0.15) is 24.0 Å². The van der Waals surface area contributed by atoms with Gasteiger partial charge in [-0.15, -0.1) is 0 Å². The Bertz CT molecular complexity index is 2560. The van der Waals surface area contributed by atoms with Crippen LogP contribution in [0.3, 0.4) is 0 Å². The fourth-order valence-electron chi connectivity index (χ4n) is 8.94. The van der Waals surface area contributed by atoms with Crippen LogP contribution in [0.15, 0.2) is 158 Å². The molecular formula is C48H38N2. The number of anilines is 4. The van der Waals surface area contributed by atoms with E-state index < -0.39 is 0 Å². The summed E-state index contributed by atoms with van der Waals surface area (Å²) < 4.78 is 0. The van der Waals surface area contributed by atoms with E-state index in [1.165, 1.54) is 88.4 Å². The van der Waals surface area contributed by atoms with Crippen LogP contribution >= 0.6 is 0 Å². The van der Waals surface area contributed by atoms with Crippen molar-refractivity contribution in [1.82, 2.24) is 0 Å². The third-order valence-corrected chi connectivity index (χ3v) is 11.0. The van der Waals surface area contributed by atoms with Crippen LogP contribution in [-0.2, 0) is 12.8 Å². The number of hydrogen-bond acceptors (Lipinski definition) is 2. The predicted molar refractivity (Wildman–Crippen MR) is 213 cm³/mol. The van der Waals surface area contributed by atoms with Gasteiger partial charge in [-0.1, -0.05) is 133 Å². The largest absolute Gasteiger partial charge is 0.341 e. The maximum absolute atomic E-state index is 2.60. The zero-order valence-corrected chi connectivity index (χ0v) is 28.1. The van der Waals surface area contributed by atoms with E-state index in [1.807, 2.05) is 0 Å². The monoisotopic (exact) mass is 642 g/mol. The van der Waals surface area contributed by atoms with E-state index in [0.717, 1.165) is 38.8 Å². The number of fused-ring (bicyclic) bond motifs is 5. The molecule has 0 aromatic heterocycles. The number of rotatable bonds is 4. The molecule has 0 bridgehead atoms. The zero-order valence-electron chi connectivity index (χ0n) is 28.1. The number of para-hydroxylation sites is 2. The first-order valence-electron chi connectivity index (χ1n) is 18.1. The topological polar surface area (TPSA) is 6.48 Å². The molecule has 0 fully saturated rings. The van der Waals surface area contributed by atoms with Crippen molar-refractivity contribution in [2.75, 3.05) is 22.9 Å². The number of nitrogens with zero attached hydrogens (tertiary/aromatic N) is 2. The molecule has 2 heterocycles. The first-order chi connectivity index (χ1) is 24.8. The third kappa shape index (κ3) is 4.55. The molecule has 0 atom stereocenters. The van der Waals surface area contributed by atoms with Gasteiger partial charge in [-0.3, -0.25) is 0 Å². The average molecular weight is 643 g/mol. The first-order valence-corrected chi connectivity index (χ1v) is 18.1. The van der Waals surface area contributed by atoms with Crippen LogP contribution in [-0.4, -0.2) is 13.1 Å². The van der Waals surface area contributed by atoms with Crippen molar-refractivity contribution in [3.05, 3.63) is 169 Å². The number of aryl methyl sites for hydroxylation is 2. The van der Waals surface area contributed by atoms with Gasteiger partial charge < -0.3 is 9.80 Å². The SMILES string of the molecule is c1ccc(-c2c3cccc(N4CCCc5ccccc54)c3c(-c3cccc4ccccc34)c3cccc(N4CCCc5ccccc54)c23)cc1. The highest BCUT2D eigenvalue weighted by atomic mass is 15.2. The second-order valence-electron chi connectivity index (χ2n) is 13.8. The summed E-state index contributed by atoms with van der Waals surface area (Å²) >= 11 is 0. The normalized spacial score (nSPS) is 14.2. The van der Waals surface area contributed by atoms with Crippen LogP contribution in [0.2, 0.25) is 0 Å². The molecule has 2 aliphatic rings. The van der Waals surface area contributed by atoms with E-state index in [2.05, 4.69) is 168 Å². The average Bonchev–Trinajstić information content (AvgIpc) is 3.19. The zero-order chi connectivity index (χ0) is 33.0. The molecule has 0 spiro atoms. The molecule has 8 aromatic carbocycles. The Morgan fingerprint density at radius 3 is 1.52 bits per heavy atom. The van der Waals surface area contributed by atoms with E-state index in [4.69, 9.17) is 0 Å². The smallest absolute Gasteiger partial charge is 0.0497 e. The van der Waals surface area contributed by atoms with E-state index in [-0.39, 0.29) is 0 Å². The van der Waals surface area contributed by atoms with Gasteiger partial charge in [0, 0.05) is 52.2 Å². The standard InChI is InChI=1S/C48H38N2/c1-2-18-36(19-3-1)45-39-25-11-30-44(50-32-14-22-35-17-6-9-28-42(35)50)48(39)46(38-24-10-20-33-15-4-7-23-37(33)38)40-26-12-29-43(47(40)45)49-31-13-21-34-16-5-8-27-41(34)49/h1-12,15-20,23-30H,13-14,21-22,31-32H2. The summed E-state index contributed by atoms with van der Waals surface area (Å²) in [7, 11) is 0. The Labute approximate surface area is 293 Å². The predicted octanol–water partition coefficient (Wildman–Crippen LogP) is 12.6. The summed E-state index contributed by atoms with van der Waals surface area (Å²) in [5.41, 5.74) is 13.2. The van der Waals surface area contributed by atoms with E-state index in [1.54, 1.807) is 0 Å². The summed E-state index contributed by atoms with van der Waals surface area (Å²) in [6, 6.07) is 58.9. The maximum Gasteiger partial charge on any atom is 0.0497 e. The van der Waals surface area contributed by atoms with Gasteiger partial charge in [0.2, 0.25) is 0 Å². The fraction of sp³-hybridized carbons (Fsp3) is 0.125. The van der Waals surface area contributed by atoms with Crippen molar-refractivity contribution in [3.63, 3.8) is 0 Å². The molecule has 10 rings (SSSR count). The van der Waals surface area contributed by atoms with Crippen molar-refractivity contribution >= 4 is 55.1 Å². The summed E-state index contributed by atoms with van der Waals surface area (Å²) in [5, 5.41) is 7.79. The van der Waals surface area contributed by atoms with Gasteiger partial charge in [-0.25, -0.2) is 0 Å². The molecule has 0 N–H and O–H groups in total. The lowest BCUT2D eigenvalue weighted by Crippen LogP contribution is -2.25. The first kappa shape index (κ1) is 29.1. The third-order valence-electron chi connectivity index (χ3n) is 11.0. The van der Waals surface area contributed by atoms with Crippen LogP contribution in [0, 0.1) is 0 Å². The molecule has 2 aliphatic heterocycles. The van der Waals surface area contributed by atoms with E-state index in [9.17, 15) is 0 Å². The summed E-state index contributed by atoms with van der Waals surface area (Å²) in [6.07, 6.45) is 4.51. The minimum atomic E-state index is 0.994. The number of hydrogen-bond donors (Lipinski definition) is 0. The Kier molecular flexibility index (Phi) is 6.94. The van der Waals surface area contributed by atoms with E-state index in [0.29, 0.717) is 0 Å². The summed E-state index contributed by atoms with van der Waals surface area (Å²) in [6.45, 7) is 1.99. The lowest BCUT2D eigenvalue weighted by Gasteiger charge is -2.35. The number of benzene rings is 8. The lowest BCUT2D eigenvalue weighted by molar-refractivity contribution is 0.768. The highest BCUT2D eigenvalue weighted by Gasteiger charge is 2.28. The van der Waals surface area contributed by atoms with E-state index >= 15 is 0 Å². The van der Waals surface area contributed by atoms with Crippen molar-refractivity contribution in [1.29, 1.82) is 0 Å². The summed E-state index contributed by atoms with van der Waals surface area (Å²) in [4.78, 5) is 5.19. The van der Waals surface area contributed by atoms with Crippen molar-refractivity contribution in [3.8, 4) is 22.3 Å². The second kappa shape index (κ2) is 11.9. The van der Waals surface area contributed by atoms with Crippen molar-refractivity contribution < 1.29 is 0 Å². The van der Waals surface area contributed by atoms with Crippen LogP contribution in [0.5, 0.6) is 0 Å². The van der Waals surface area contributed by atoms with Gasteiger partial charge in [-0.05, 0) is 99.3 Å². The Morgan fingerprint density at radius 1 is 0.360 bits per heavy atom. The molecule has 8 aromatic rings. The fourth-order valence-corrected chi connectivity index (χ4v) is 8.94. The molecule has 2 heteroatoms. The minimum Gasteiger partial charge on any atom is -0.341 e. The quantitative estimate of drug-likeness (QED) is 0.176. The second-order valence-corrected chi connectivity index (χ2v) is 13.8. The molecule has 0 radical (unpaired) electrons. The molecular weight excluding hydrogens is 605 g/mol. The molecule has 0 aliphatic carbocycles. The lowest BCUT2D eigenvalue weighted by atomic mass is 9.82. The van der Waals surface area contributed by atoms with Crippen molar-refractivity contribution in [2.45, 2.75) is 25.7 Å². The Morgan fingerprint density at radius 2 is 0.840 bits per heavy atom. The van der Waals surface area contributed by atoms with Crippen LogP contribution in [0.4, 0.5) is 22.7 Å². The van der Waals surface area contributed by atoms with Gasteiger partial charge in [0.15, 0.2) is 0 Å². The molecule has 240 valence electrons. The molecule has 0 amide bonds. The molecule has 0 unspecified atom stereocenters. The molecule has 0 saturated carbocycles.